The van der Waals surface area contributed by atoms with Crippen molar-refractivity contribution >= 4 is 15.7 Å². The minimum absolute atomic E-state index is 0.0725. The highest BCUT2D eigenvalue weighted by Crippen LogP contribution is 2.23. The lowest BCUT2D eigenvalue weighted by Gasteiger charge is -2.08. The van der Waals surface area contributed by atoms with Crippen molar-refractivity contribution in [1.29, 1.82) is 0 Å². The van der Waals surface area contributed by atoms with Gasteiger partial charge in [0.25, 0.3) is 10.0 Å². The van der Waals surface area contributed by atoms with Crippen LogP contribution in [0.1, 0.15) is 11.5 Å². The van der Waals surface area contributed by atoms with Crippen LogP contribution in [0.4, 0.5) is 5.69 Å². The van der Waals surface area contributed by atoms with Gasteiger partial charge in [0.15, 0.2) is 10.7 Å². The molecule has 0 amide bonds. The number of anilines is 1. The number of benzene rings is 1. The van der Waals surface area contributed by atoms with Crippen molar-refractivity contribution in [2.75, 3.05) is 11.8 Å². The molecule has 0 aliphatic carbocycles. The molecule has 102 valence electrons. The van der Waals surface area contributed by atoms with Crippen LogP contribution in [0.5, 0.6) is 5.75 Å². The van der Waals surface area contributed by atoms with Crippen LogP contribution in [0, 0.1) is 13.8 Å². The van der Waals surface area contributed by atoms with Crippen LogP contribution >= 0.6 is 0 Å². The maximum absolute atomic E-state index is 12.2. The molecule has 6 nitrogen and oxygen atoms in total. The van der Waals surface area contributed by atoms with Gasteiger partial charge in [0.1, 0.15) is 11.4 Å². The summed E-state index contributed by atoms with van der Waals surface area (Å²) in [5, 5.41) is 3.64. The summed E-state index contributed by atoms with van der Waals surface area (Å²) >= 11 is 0. The number of nitrogens with zero attached hydrogens (tertiary/aromatic N) is 1. The largest absolute Gasteiger partial charge is 0.497 e. The highest BCUT2D eigenvalue weighted by molar-refractivity contribution is 7.92. The topological polar surface area (TPSA) is 81.4 Å². The number of methoxy groups -OCH3 is 1. The first-order valence-electron chi connectivity index (χ1n) is 5.54. The Balaban J connectivity index is 2.31. The first-order valence-corrected chi connectivity index (χ1v) is 7.02. The zero-order valence-corrected chi connectivity index (χ0v) is 11.6. The van der Waals surface area contributed by atoms with Crippen LogP contribution in [0.25, 0.3) is 0 Å². The smallest absolute Gasteiger partial charge is 0.267 e. The van der Waals surface area contributed by atoms with Gasteiger partial charge < -0.3 is 9.26 Å². The number of rotatable bonds is 4. The number of nitrogens with one attached hydrogen (secondary N) is 1. The van der Waals surface area contributed by atoms with E-state index in [4.69, 9.17) is 9.26 Å². The fourth-order valence-corrected chi connectivity index (χ4v) is 3.11. The van der Waals surface area contributed by atoms with Crippen molar-refractivity contribution < 1.29 is 17.7 Å². The molecule has 0 saturated heterocycles. The fourth-order valence-electron chi connectivity index (χ4n) is 1.72. The van der Waals surface area contributed by atoms with Gasteiger partial charge >= 0.3 is 0 Å². The monoisotopic (exact) mass is 282 g/mol. The van der Waals surface area contributed by atoms with Gasteiger partial charge in [-0.3, -0.25) is 4.72 Å². The maximum Gasteiger partial charge on any atom is 0.267 e. The maximum atomic E-state index is 12.2. The number of hydrogen-bond acceptors (Lipinski definition) is 5. The average Bonchev–Trinajstić information content (AvgIpc) is 2.70. The molecule has 1 heterocycles. The molecule has 1 N–H and O–H groups in total. The molecule has 2 rings (SSSR count). The molecule has 1 aromatic carbocycles. The van der Waals surface area contributed by atoms with Crippen LogP contribution in [0.2, 0.25) is 0 Å². The third-order valence-corrected chi connectivity index (χ3v) is 4.20. The lowest BCUT2D eigenvalue weighted by Crippen LogP contribution is -2.14. The first kappa shape index (κ1) is 13.4. The lowest BCUT2D eigenvalue weighted by molar-refractivity contribution is 0.390. The summed E-state index contributed by atoms with van der Waals surface area (Å²) in [5.74, 6) is 0.916. The molecule has 0 spiro atoms. The highest BCUT2D eigenvalue weighted by atomic mass is 32.2. The third-order valence-electron chi connectivity index (χ3n) is 2.58. The minimum atomic E-state index is -3.70. The van der Waals surface area contributed by atoms with Crippen molar-refractivity contribution in [2.45, 2.75) is 18.7 Å². The Hall–Kier alpha value is -2.02. The quantitative estimate of drug-likeness (QED) is 0.928. The predicted molar refractivity (Wildman–Crippen MR) is 69.8 cm³/mol. The Morgan fingerprint density at radius 2 is 1.84 bits per heavy atom. The summed E-state index contributed by atoms with van der Waals surface area (Å²) in [6, 6.07) is 6.58. The van der Waals surface area contributed by atoms with E-state index in [1.807, 2.05) is 0 Å². The first-order chi connectivity index (χ1) is 8.94. The summed E-state index contributed by atoms with van der Waals surface area (Å²) < 4.78 is 36.8. The Kier molecular flexibility index (Phi) is 3.48. The second kappa shape index (κ2) is 4.93. The van der Waals surface area contributed by atoms with Gasteiger partial charge in [-0.2, -0.15) is 0 Å². The average molecular weight is 282 g/mol. The van der Waals surface area contributed by atoms with Gasteiger partial charge in [0.05, 0.1) is 7.11 Å². The number of ether oxygens (including phenoxy) is 1. The van der Waals surface area contributed by atoms with E-state index in [2.05, 4.69) is 9.88 Å². The second-order valence-electron chi connectivity index (χ2n) is 3.99. The van der Waals surface area contributed by atoms with Crippen LogP contribution in [-0.2, 0) is 10.0 Å². The molecule has 7 heteroatoms. The molecule has 0 saturated carbocycles. The molecule has 0 radical (unpaired) electrons. The molecule has 0 atom stereocenters. The summed E-state index contributed by atoms with van der Waals surface area (Å²) in [5.41, 5.74) is 0.777. The number of aryl methyl sites for hydroxylation is 2. The molecular weight excluding hydrogens is 268 g/mol. The minimum Gasteiger partial charge on any atom is -0.497 e. The van der Waals surface area contributed by atoms with Gasteiger partial charge in [0.2, 0.25) is 0 Å². The Bertz CT molecular complexity index is 655. The van der Waals surface area contributed by atoms with Crippen molar-refractivity contribution in [3.8, 4) is 5.75 Å². The zero-order valence-electron chi connectivity index (χ0n) is 10.8. The van der Waals surface area contributed by atoms with Gasteiger partial charge in [-0.15, -0.1) is 0 Å². The van der Waals surface area contributed by atoms with Gasteiger partial charge in [0, 0.05) is 5.69 Å². The highest BCUT2D eigenvalue weighted by Gasteiger charge is 2.24. The second-order valence-corrected chi connectivity index (χ2v) is 5.61. The van der Waals surface area contributed by atoms with E-state index in [1.54, 1.807) is 45.2 Å². The molecule has 1 aromatic heterocycles. The summed E-state index contributed by atoms with van der Waals surface area (Å²) in [6.45, 7) is 3.14. The summed E-state index contributed by atoms with van der Waals surface area (Å²) in [7, 11) is -2.15. The van der Waals surface area contributed by atoms with Gasteiger partial charge in [-0.25, -0.2) is 8.42 Å². The van der Waals surface area contributed by atoms with Crippen molar-refractivity contribution in [2.24, 2.45) is 0 Å². The normalized spacial score (nSPS) is 11.3. The Labute approximate surface area is 111 Å². The number of hydrogen-bond donors (Lipinski definition) is 1. The van der Waals surface area contributed by atoms with Crippen LogP contribution in [-0.4, -0.2) is 20.7 Å². The fraction of sp³-hybridized carbons (Fsp3) is 0.250. The Morgan fingerprint density at radius 3 is 2.32 bits per heavy atom. The SMILES string of the molecule is COc1ccc(NS(=O)(=O)c2c(C)noc2C)cc1. The number of sulfonamides is 1. The van der Waals surface area contributed by atoms with E-state index >= 15 is 0 Å². The number of aromatic nitrogens is 1. The van der Waals surface area contributed by atoms with Crippen LogP contribution in [0.3, 0.4) is 0 Å². The van der Waals surface area contributed by atoms with Crippen LogP contribution < -0.4 is 9.46 Å². The van der Waals surface area contributed by atoms with Crippen molar-refractivity contribution in [3.63, 3.8) is 0 Å². The standard InChI is InChI=1S/C12H14N2O4S/c1-8-12(9(2)18-13-8)19(15,16)14-10-4-6-11(17-3)7-5-10/h4-7,14H,1-3H3. The van der Waals surface area contributed by atoms with E-state index in [0.29, 0.717) is 17.1 Å². The van der Waals surface area contributed by atoms with E-state index in [0.717, 1.165) is 0 Å². The molecular formula is C12H14N2O4S. The predicted octanol–water partition coefficient (Wildman–Crippen LogP) is 2.10. The molecule has 2 aromatic rings. The molecule has 0 aliphatic rings. The molecule has 0 bridgehead atoms. The van der Waals surface area contributed by atoms with E-state index in [9.17, 15) is 8.42 Å². The van der Waals surface area contributed by atoms with E-state index in [1.165, 1.54) is 0 Å². The van der Waals surface area contributed by atoms with E-state index < -0.39 is 10.0 Å². The molecule has 0 unspecified atom stereocenters. The zero-order chi connectivity index (χ0) is 14.0. The van der Waals surface area contributed by atoms with Crippen molar-refractivity contribution in [1.82, 2.24) is 5.16 Å². The summed E-state index contributed by atoms with van der Waals surface area (Å²) in [4.78, 5) is 0.0725. The third kappa shape index (κ3) is 2.70. The summed E-state index contributed by atoms with van der Waals surface area (Å²) in [6.07, 6.45) is 0. The van der Waals surface area contributed by atoms with Gasteiger partial charge in [-0.1, -0.05) is 5.16 Å². The molecule has 0 aliphatic heterocycles. The van der Waals surface area contributed by atoms with Crippen molar-refractivity contribution in [3.05, 3.63) is 35.7 Å². The van der Waals surface area contributed by atoms with Crippen LogP contribution in [0.15, 0.2) is 33.7 Å². The molecule has 0 fully saturated rings. The Morgan fingerprint density at radius 1 is 1.21 bits per heavy atom. The van der Waals surface area contributed by atoms with Gasteiger partial charge in [-0.05, 0) is 38.1 Å². The molecule has 19 heavy (non-hydrogen) atoms. The van der Waals surface area contributed by atoms with E-state index in [-0.39, 0.29) is 10.7 Å². The lowest BCUT2D eigenvalue weighted by atomic mass is 10.3.